The average molecular weight is 193 g/mol. The van der Waals surface area contributed by atoms with E-state index in [0.29, 0.717) is 11.5 Å². The molecule has 80 valence electrons. The SMILES string of the molecule is CC1CCC2(CC1)[C@H]1CCC(C1)[C@H]2N. The minimum Gasteiger partial charge on any atom is -0.327 e. The molecule has 3 rings (SSSR count). The van der Waals surface area contributed by atoms with Gasteiger partial charge in [0, 0.05) is 6.04 Å². The van der Waals surface area contributed by atoms with Crippen molar-refractivity contribution in [2.45, 2.75) is 57.9 Å². The van der Waals surface area contributed by atoms with Gasteiger partial charge in [-0.25, -0.2) is 0 Å². The molecule has 14 heavy (non-hydrogen) atoms. The summed E-state index contributed by atoms with van der Waals surface area (Å²) < 4.78 is 0. The van der Waals surface area contributed by atoms with Crippen molar-refractivity contribution >= 4 is 0 Å². The number of hydrogen-bond donors (Lipinski definition) is 1. The molecule has 0 aromatic rings. The minimum absolute atomic E-state index is 0.564. The summed E-state index contributed by atoms with van der Waals surface area (Å²) in [5.41, 5.74) is 7.08. The number of fused-ring (bicyclic) bond motifs is 3. The molecule has 0 radical (unpaired) electrons. The standard InChI is InChI=1S/C13H23N/c1-9-4-6-13(7-5-9)11-3-2-10(8-11)12(13)14/h9-12H,2-8,14H2,1H3/t9?,10?,11-,12+,13?/m0/s1. The second-order valence-corrected chi connectivity index (χ2v) is 6.21. The van der Waals surface area contributed by atoms with Gasteiger partial charge in [-0.05, 0) is 55.3 Å². The number of rotatable bonds is 0. The monoisotopic (exact) mass is 193 g/mol. The third kappa shape index (κ3) is 1.05. The molecule has 3 aliphatic carbocycles. The molecule has 0 aromatic heterocycles. The van der Waals surface area contributed by atoms with Crippen molar-refractivity contribution in [2.75, 3.05) is 0 Å². The Hall–Kier alpha value is -0.0400. The van der Waals surface area contributed by atoms with Gasteiger partial charge in [-0.15, -0.1) is 0 Å². The van der Waals surface area contributed by atoms with Crippen LogP contribution in [0.2, 0.25) is 0 Å². The zero-order valence-electron chi connectivity index (χ0n) is 9.34. The van der Waals surface area contributed by atoms with Gasteiger partial charge in [0.1, 0.15) is 0 Å². The lowest BCUT2D eigenvalue weighted by Crippen LogP contribution is -2.48. The Morgan fingerprint density at radius 1 is 1.07 bits per heavy atom. The normalized spacial score (nSPS) is 57.0. The van der Waals surface area contributed by atoms with Crippen molar-refractivity contribution in [1.82, 2.24) is 0 Å². The van der Waals surface area contributed by atoms with E-state index in [1.807, 2.05) is 0 Å². The molecule has 1 spiro atoms. The van der Waals surface area contributed by atoms with Crippen LogP contribution in [0.15, 0.2) is 0 Å². The predicted molar refractivity (Wildman–Crippen MR) is 58.9 cm³/mol. The van der Waals surface area contributed by atoms with E-state index >= 15 is 0 Å². The van der Waals surface area contributed by atoms with Crippen molar-refractivity contribution < 1.29 is 0 Å². The van der Waals surface area contributed by atoms with Crippen molar-refractivity contribution in [3.05, 3.63) is 0 Å². The van der Waals surface area contributed by atoms with Crippen molar-refractivity contribution in [3.8, 4) is 0 Å². The maximum Gasteiger partial charge on any atom is 0.0127 e. The lowest BCUT2D eigenvalue weighted by Gasteiger charge is -2.46. The maximum atomic E-state index is 6.48. The minimum atomic E-state index is 0.564. The van der Waals surface area contributed by atoms with Crippen LogP contribution in [0.1, 0.15) is 51.9 Å². The molecule has 3 atom stereocenters. The van der Waals surface area contributed by atoms with Crippen LogP contribution in [-0.4, -0.2) is 6.04 Å². The van der Waals surface area contributed by atoms with E-state index in [2.05, 4.69) is 6.92 Å². The molecule has 2 N–H and O–H groups in total. The average Bonchev–Trinajstić information content (AvgIpc) is 2.75. The third-order valence-electron chi connectivity index (χ3n) is 5.66. The van der Waals surface area contributed by atoms with Gasteiger partial charge in [0.05, 0.1) is 0 Å². The fraction of sp³-hybridized carbons (Fsp3) is 1.00. The highest BCUT2D eigenvalue weighted by Crippen LogP contribution is 2.61. The summed E-state index contributed by atoms with van der Waals surface area (Å²) >= 11 is 0. The summed E-state index contributed by atoms with van der Waals surface area (Å²) in [6.45, 7) is 2.41. The molecular weight excluding hydrogens is 170 g/mol. The fourth-order valence-corrected chi connectivity index (χ4v) is 4.65. The molecule has 1 nitrogen and oxygen atoms in total. The van der Waals surface area contributed by atoms with Gasteiger partial charge >= 0.3 is 0 Å². The first-order valence-electron chi connectivity index (χ1n) is 6.48. The molecule has 1 heteroatoms. The zero-order chi connectivity index (χ0) is 9.76. The molecular formula is C13H23N. The quantitative estimate of drug-likeness (QED) is 0.629. The summed E-state index contributed by atoms with van der Waals surface area (Å²) in [7, 11) is 0. The van der Waals surface area contributed by atoms with E-state index in [9.17, 15) is 0 Å². The Balaban J connectivity index is 1.83. The van der Waals surface area contributed by atoms with Crippen LogP contribution in [0.25, 0.3) is 0 Å². The van der Waals surface area contributed by atoms with Crippen LogP contribution in [0.5, 0.6) is 0 Å². The smallest absolute Gasteiger partial charge is 0.0127 e. The fourth-order valence-electron chi connectivity index (χ4n) is 4.65. The Labute approximate surface area is 87.4 Å². The maximum absolute atomic E-state index is 6.48. The highest BCUT2D eigenvalue weighted by molar-refractivity contribution is 5.09. The molecule has 0 aliphatic heterocycles. The Bertz CT molecular complexity index is 223. The van der Waals surface area contributed by atoms with E-state index in [-0.39, 0.29) is 0 Å². The molecule has 2 bridgehead atoms. The van der Waals surface area contributed by atoms with Crippen LogP contribution in [0, 0.1) is 23.2 Å². The van der Waals surface area contributed by atoms with E-state index in [4.69, 9.17) is 5.73 Å². The van der Waals surface area contributed by atoms with Gasteiger partial charge in [0.2, 0.25) is 0 Å². The lowest BCUT2D eigenvalue weighted by atomic mass is 9.60. The topological polar surface area (TPSA) is 26.0 Å². The Kier molecular flexibility index (Phi) is 1.96. The van der Waals surface area contributed by atoms with Gasteiger partial charge < -0.3 is 5.73 Å². The van der Waals surface area contributed by atoms with Gasteiger partial charge in [0.15, 0.2) is 0 Å². The lowest BCUT2D eigenvalue weighted by molar-refractivity contribution is 0.0605. The van der Waals surface area contributed by atoms with Crippen molar-refractivity contribution in [3.63, 3.8) is 0 Å². The number of nitrogens with two attached hydrogens (primary N) is 1. The van der Waals surface area contributed by atoms with Crippen LogP contribution in [0.4, 0.5) is 0 Å². The predicted octanol–water partition coefficient (Wildman–Crippen LogP) is 2.94. The molecule has 3 aliphatic rings. The molecule has 3 saturated carbocycles. The molecule has 0 aromatic carbocycles. The van der Waals surface area contributed by atoms with Crippen LogP contribution < -0.4 is 5.73 Å². The molecule has 0 amide bonds. The highest BCUT2D eigenvalue weighted by Gasteiger charge is 2.56. The van der Waals surface area contributed by atoms with Gasteiger partial charge in [-0.1, -0.05) is 19.8 Å². The summed E-state index contributed by atoms with van der Waals surface area (Å²) in [5, 5.41) is 0. The first-order valence-corrected chi connectivity index (χ1v) is 6.48. The Morgan fingerprint density at radius 2 is 1.79 bits per heavy atom. The first-order chi connectivity index (χ1) is 6.72. The summed E-state index contributed by atoms with van der Waals surface area (Å²) in [5.74, 6) is 2.87. The molecule has 0 heterocycles. The van der Waals surface area contributed by atoms with Crippen molar-refractivity contribution in [1.29, 1.82) is 0 Å². The second-order valence-electron chi connectivity index (χ2n) is 6.21. The van der Waals surface area contributed by atoms with Crippen molar-refractivity contribution in [2.24, 2.45) is 28.9 Å². The van der Waals surface area contributed by atoms with Crippen LogP contribution >= 0.6 is 0 Å². The van der Waals surface area contributed by atoms with E-state index in [0.717, 1.165) is 17.8 Å². The van der Waals surface area contributed by atoms with E-state index < -0.39 is 0 Å². The largest absolute Gasteiger partial charge is 0.327 e. The molecule has 1 unspecified atom stereocenters. The van der Waals surface area contributed by atoms with Gasteiger partial charge in [-0.3, -0.25) is 0 Å². The number of hydrogen-bond acceptors (Lipinski definition) is 1. The third-order valence-corrected chi connectivity index (χ3v) is 5.66. The van der Waals surface area contributed by atoms with E-state index in [1.54, 1.807) is 0 Å². The van der Waals surface area contributed by atoms with Crippen LogP contribution in [0.3, 0.4) is 0 Å². The summed E-state index contributed by atoms with van der Waals surface area (Å²) in [6, 6.07) is 0.564. The summed E-state index contributed by atoms with van der Waals surface area (Å²) in [6.07, 6.45) is 10.2. The first kappa shape index (κ1) is 9.21. The second kappa shape index (κ2) is 2.98. The Morgan fingerprint density at radius 3 is 2.36 bits per heavy atom. The zero-order valence-corrected chi connectivity index (χ0v) is 9.34. The highest BCUT2D eigenvalue weighted by atomic mass is 14.8. The van der Waals surface area contributed by atoms with Gasteiger partial charge in [0.25, 0.3) is 0 Å². The molecule has 0 saturated heterocycles. The van der Waals surface area contributed by atoms with Crippen LogP contribution in [-0.2, 0) is 0 Å². The van der Waals surface area contributed by atoms with Gasteiger partial charge in [-0.2, -0.15) is 0 Å². The molecule has 3 fully saturated rings. The summed E-state index contributed by atoms with van der Waals surface area (Å²) in [4.78, 5) is 0. The van der Waals surface area contributed by atoms with E-state index in [1.165, 1.54) is 44.9 Å².